The molecule has 5 nitrogen and oxygen atoms in total. The highest BCUT2D eigenvalue weighted by Crippen LogP contribution is 2.47. The molecule has 2 rings (SSSR count). The number of hydrogen-bond acceptors (Lipinski definition) is 4. The molecule has 0 bridgehead atoms. The zero-order valence-corrected chi connectivity index (χ0v) is 11.5. The summed E-state index contributed by atoms with van der Waals surface area (Å²) in [6, 6.07) is 0. The zero-order chi connectivity index (χ0) is 13.6. The SMILES string of the molecule is CC1OCc2c(O)c(C(=O)O)c(O)c(Br)c2C1C. The van der Waals surface area contributed by atoms with Crippen LogP contribution in [-0.4, -0.2) is 27.4 Å². The molecule has 0 fully saturated rings. The Labute approximate surface area is 112 Å². The van der Waals surface area contributed by atoms with Crippen molar-refractivity contribution in [3.8, 4) is 11.5 Å². The van der Waals surface area contributed by atoms with Crippen LogP contribution in [0.4, 0.5) is 0 Å². The van der Waals surface area contributed by atoms with Gasteiger partial charge in [0.15, 0.2) is 0 Å². The first-order valence-electron chi connectivity index (χ1n) is 5.47. The summed E-state index contributed by atoms with van der Waals surface area (Å²) in [6.07, 6.45) is -0.0664. The van der Waals surface area contributed by atoms with E-state index in [0.29, 0.717) is 15.6 Å². The van der Waals surface area contributed by atoms with Crippen molar-refractivity contribution >= 4 is 21.9 Å². The molecule has 3 N–H and O–H groups in total. The lowest BCUT2D eigenvalue weighted by Crippen LogP contribution is -2.24. The average Bonchev–Trinajstić information content (AvgIpc) is 2.29. The summed E-state index contributed by atoms with van der Waals surface area (Å²) in [5, 5.41) is 28.9. The highest BCUT2D eigenvalue weighted by Gasteiger charge is 2.33. The van der Waals surface area contributed by atoms with Crippen LogP contribution < -0.4 is 0 Å². The summed E-state index contributed by atoms with van der Waals surface area (Å²) in [5.74, 6) is -2.29. The number of ether oxygens (including phenoxy) is 1. The Kier molecular flexibility index (Phi) is 3.25. The van der Waals surface area contributed by atoms with Crippen LogP contribution in [0.5, 0.6) is 11.5 Å². The number of rotatable bonds is 1. The molecule has 6 heteroatoms. The first kappa shape index (κ1) is 13.2. The van der Waals surface area contributed by atoms with Crippen molar-refractivity contribution in [2.24, 2.45) is 0 Å². The molecule has 2 atom stereocenters. The Hall–Kier alpha value is -1.27. The van der Waals surface area contributed by atoms with Crippen molar-refractivity contribution in [1.29, 1.82) is 0 Å². The topological polar surface area (TPSA) is 87.0 Å². The van der Waals surface area contributed by atoms with Crippen molar-refractivity contribution in [3.05, 3.63) is 21.2 Å². The van der Waals surface area contributed by atoms with E-state index in [1.54, 1.807) is 0 Å². The van der Waals surface area contributed by atoms with E-state index in [-0.39, 0.29) is 18.6 Å². The maximum atomic E-state index is 11.0. The van der Waals surface area contributed by atoms with Crippen LogP contribution in [0.25, 0.3) is 0 Å². The predicted octanol–water partition coefficient (Wildman–Crippen LogP) is 2.58. The van der Waals surface area contributed by atoms with E-state index in [1.165, 1.54) is 0 Å². The van der Waals surface area contributed by atoms with Gasteiger partial charge in [-0.3, -0.25) is 0 Å². The molecule has 1 aromatic carbocycles. The molecule has 0 saturated carbocycles. The third kappa shape index (κ3) is 1.76. The lowest BCUT2D eigenvalue weighted by molar-refractivity contribution is 0.0223. The monoisotopic (exact) mass is 316 g/mol. The minimum atomic E-state index is -1.38. The van der Waals surface area contributed by atoms with E-state index < -0.39 is 23.0 Å². The van der Waals surface area contributed by atoms with E-state index >= 15 is 0 Å². The number of carbonyl (C=O) groups is 1. The van der Waals surface area contributed by atoms with Crippen molar-refractivity contribution in [3.63, 3.8) is 0 Å². The lowest BCUT2D eigenvalue weighted by atomic mass is 9.87. The van der Waals surface area contributed by atoms with E-state index in [9.17, 15) is 15.0 Å². The van der Waals surface area contributed by atoms with E-state index in [2.05, 4.69) is 15.9 Å². The Balaban J connectivity index is 2.77. The van der Waals surface area contributed by atoms with Gasteiger partial charge in [-0.15, -0.1) is 0 Å². The Morgan fingerprint density at radius 1 is 1.33 bits per heavy atom. The van der Waals surface area contributed by atoms with Crippen LogP contribution in [-0.2, 0) is 11.3 Å². The van der Waals surface area contributed by atoms with Crippen LogP contribution in [0.1, 0.15) is 41.3 Å². The molecule has 1 aliphatic heterocycles. The minimum absolute atomic E-state index is 0.0530. The fourth-order valence-electron chi connectivity index (χ4n) is 2.18. The molecule has 2 unspecified atom stereocenters. The molecule has 18 heavy (non-hydrogen) atoms. The normalized spacial score (nSPS) is 22.6. The van der Waals surface area contributed by atoms with E-state index in [4.69, 9.17) is 9.84 Å². The summed E-state index contributed by atoms with van der Waals surface area (Å²) < 4.78 is 5.79. The molecule has 0 aromatic heterocycles. The van der Waals surface area contributed by atoms with Crippen molar-refractivity contribution in [1.82, 2.24) is 0 Å². The number of phenols is 2. The quantitative estimate of drug-likeness (QED) is 0.741. The van der Waals surface area contributed by atoms with Gasteiger partial charge in [-0.25, -0.2) is 4.79 Å². The van der Waals surface area contributed by atoms with Gasteiger partial charge in [-0.1, -0.05) is 6.92 Å². The number of hydrogen-bond donors (Lipinski definition) is 3. The number of halogens is 1. The molecule has 1 aliphatic rings. The van der Waals surface area contributed by atoms with Crippen LogP contribution >= 0.6 is 15.9 Å². The summed E-state index contributed by atoms with van der Waals surface area (Å²) in [4.78, 5) is 11.0. The molecule has 0 radical (unpaired) electrons. The van der Waals surface area contributed by atoms with Gasteiger partial charge in [0, 0.05) is 11.5 Å². The number of carboxylic acid groups (broad SMARTS) is 1. The predicted molar refractivity (Wildman–Crippen MR) is 67.1 cm³/mol. The van der Waals surface area contributed by atoms with Gasteiger partial charge in [0.2, 0.25) is 0 Å². The van der Waals surface area contributed by atoms with Gasteiger partial charge in [0.05, 0.1) is 17.2 Å². The van der Waals surface area contributed by atoms with Crippen molar-refractivity contribution < 1.29 is 24.9 Å². The fourth-order valence-corrected chi connectivity index (χ4v) is 2.98. The van der Waals surface area contributed by atoms with Gasteiger partial charge in [0.1, 0.15) is 17.1 Å². The van der Waals surface area contributed by atoms with Crippen molar-refractivity contribution in [2.45, 2.75) is 32.5 Å². The largest absolute Gasteiger partial charge is 0.507 e. The number of carboxylic acids is 1. The number of aromatic hydroxyl groups is 2. The molecule has 0 spiro atoms. The molecule has 98 valence electrons. The average molecular weight is 317 g/mol. The second-order valence-electron chi connectivity index (χ2n) is 4.39. The van der Waals surface area contributed by atoms with E-state index in [0.717, 1.165) is 0 Å². The summed E-state index contributed by atoms with van der Waals surface area (Å²) in [6.45, 7) is 3.91. The maximum Gasteiger partial charge on any atom is 0.343 e. The summed E-state index contributed by atoms with van der Waals surface area (Å²) >= 11 is 3.21. The highest BCUT2D eigenvalue weighted by atomic mass is 79.9. The Morgan fingerprint density at radius 2 is 1.94 bits per heavy atom. The van der Waals surface area contributed by atoms with Gasteiger partial charge < -0.3 is 20.1 Å². The lowest BCUT2D eigenvalue weighted by Gasteiger charge is -2.31. The Bertz CT molecular complexity index is 526. The molecular weight excluding hydrogens is 304 g/mol. The second-order valence-corrected chi connectivity index (χ2v) is 5.18. The molecule has 1 aromatic rings. The van der Waals surface area contributed by atoms with Crippen molar-refractivity contribution in [2.75, 3.05) is 0 Å². The minimum Gasteiger partial charge on any atom is -0.507 e. The molecule has 0 aliphatic carbocycles. The molecule has 0 amide bonds. The van der Waals surface area contributed by atoms with Gasteiger partial charge >= 0.3 is 5.97 Å². The molecule has 1 heterocycles. The molecule has 0 saturated heterocycles. The zero-order valence-electron chi connectivity index (χ0n) is 9.90. The van der Waals surface area contributed by atoms with Crippen LogP contribution in [0.2, 0.25) is 0 Å². The highest BCUT2D eigenvalue weighted by molar-refractivity contribution is 9.10. The maximum absolute atomic E-state index is 11.0. The number of aromatic carboxylic acids is 1. The first-order valence-corrected chi connectivity index (χ1v) is 6.26. The fraction of sp³-hybridized carbons (Fsp3) is 0.417. The van der Waals surface area contributed by atoms with Gasteiger partial charge in [-0.05, 0) is 28.4 Å². The summed E-state index contributed by atoms with van der Waals surface area (Å²) in [7, 11) is 0. The first-order chi connectivity index (χ1) is 8.36. The number of fused-ring (bicyclic) bond motifs is 1. The Morgan fingerprint density at radius 3 is 2.50 bits per heavy atom. The second kappa shape index (κ2) is 4.44. The third-order valence-corrected chi connectivity index (χ3v) is 4.20. The van der Waals surface area contributed by atoms with E-state index in [1.807, 2.05) is 13.8 Å². The van der Waals surface area contributed by atoms with Crippen LogP contribution in [0.15, 0.2) is 4.47 Å². The third-order valence-electron chi connectivity index (χ3n) is 3.39. The smallest absolute Gasteiger partial charge is 0.343 e. The summed E-state index contributed by atoms with van der Waals surface area (Å²) in [5.41, 5.74) is 0.627. The molecular formula is C12H13BrO5. The van der Waals surface area contributed by atoms with Gasteiger partial charge in [-0.2, -0.15) is 0 Å². The van der Waals surface area contributed by atoms with Crippen LogP contribution in [0, 0.1) is 0 Å². The van der Waals surface area contributed by atoms with Gasteiger partial charge in [0.25, 0.3) is 0 Å². The van der Waals surface area contributed by atoms with Crippen LogP contribution in [0.3, 0.4) is 0 Å². The number of benzene rings is 1. The standard InChI is InChI=1S/C12H13BrO5/c1-4-5(2)18-3-6-7(4)9(13)11(15)8(10(6)14)12(16)17/h4-5,14-15H,3H2,1-2H3,(H,16,17).